The summed E-state index contributed by atoms with van der Waals surface area (Å²) in [6.07, 6.45) is 1.04. The third kappa shape index (κ3) is 3.73. The third-order valence-corrected chi connectivity index (χ3v) is 4.16. The van der Waals surface area contributed by atoms with Crippen molar-refractivity contribution < 1.29 is 17.9 Å². The van der Waals surface area contributed by atoms with Crippen LogP contribution in [0.4, 0.5) is 0 Å². The van der Waals surface area contributed by atoms with Crippen molar-refractivity contribution in [2.24, 2.45) is 0 Å². The van der Waals surface area contributed by atoms with Crippen LogP contribution in [-0.2, 0) is 21.2 Å². The molecule has 0 saturated carbocycles. The molecule has 0 aliphatic heterocycles. The summed E-state index contributed by atoms with van der Waals surface area (Å²) in [7, 11) is -1.82. The Balaban J connectivity index is 2.69. The summed E-state index contributed by atoms with van der Waals surface area (Å²) in [5.74, 6) is 0.146. The van der Waals surface area contributed by atoms with Gasteiger partial charge in [-0.15, -0.1) is 0 Å². The van der Waals surface area contributed by atoms with Gasteiger partial charge in [0.05, 0.1) is 7.11 Å². The molecule has 100 valence electrons. The Bertz CT molecular complexity index is 525. The minimum atomic E-state index is -3.37. The van der Waals surface area contributed by atoms with E-state index in [1.54, 1.807) is 13.2 Å². The lowest BCUT2D eigenvalue weighted by molar-refractivity contribution is -0.120. The summed E-state index contributed by atoms with van der Waals surface area (Å²) in [5.41, 5.74) is 0.800. The van der Waals surface area contributed by atoms with Crippen LogP contribution in [0.2, 0.25) is 0 Å². The van der Waals surface area contributed by atoms with Crippen LogP contribution in [-0.4, -0.2) is 32.9 Å². The Morgan fingerprint density at radius 1 is 1.39 bits per heavy atom. The summed E-state index contributed by atoms with van der Waals surface area (Å²) in [5, 5.41) is 1.53. The Kier molecular flexibility index (Phi) is 4.72. The van der Waals surface area contributed by atoms with Gasteiger partial charge in [0.15, 0.2) is 9.84 Å². The standard InChI is InChI=1S/C12H17NO4S/c1-9(18(3,15)16)12(14)13-8-10-6-4-5-7-11(10)17-2/h4-7,9H,8H2,1-3H3,(H,13,14)/t9-/m1/s1. The van der Waals surface area contributed by atoms with Crippen LogP contribution in [0, 0.1) is 0 Å². The minimum Gasteiger partial charge on any atom is -0.496 e. The molecule has 0 fully saturated rings. The van der Waals surface area contributed by atoms with E-state index in [0.29, 0.717) is 5.75 Å². The smallest absolute Gasteiger partial charge is 0.238 e. The number of rotatable bonds is 5. The van der Waals surface area contributed by atoms with Crippen LogP contribution in [0.1, 0.15) is 12.5 Å². The summed E-state index contributed by atoms with van der Waals surface area (Å²) in [4.78, 5) is 11.6. The number of para-hydroxylation sites is 1. The molecule has 1 aromatic rings. The monoisotopic (exact) mass is 271 g/mol. The van der Waals surface area contributed by atoms with Crippen molar-refractivity contribution in [1.29, 1.82) is 0 Å². The van der Waals surface area contributed by atoms with E-state index in [2.05, 4.69) is 5.32 Å². The lowest BCUT2D eigenvalue weighted by atomic mass is 10.2. The van der Waals surface area contributed by atoms with E-state index in [-0.39, 0.29) is 6.54 Å². The van der Waals surface area contributed by atoms with E-state index >= 15 is 0 Å². The topological polar surface area (TPSA) is 72.5 Å². The van der Waals surface area contributed by atoms with Gasteiger partial charge in [0.2, 0.25) is 5.91 Å². The Labute approximate surface area is 107 Å². The van der Waals surface area contributed by atoms with Gasteiger partial charge in [-0.05, 0) is 13.0 Å². The second-order valence-corrected chi connectivity index (χ2v) is 6.37. The lowest BCUT2D eigenvalue weighted by Crippen LogP contribution is -2.37. The molecule has 5 nitrogen and oxygen atoms in total. The van der Waals surface area contributed by atoms with E-state index in [4.69, 9.17) is 4.74 Å². The highest BCUT2D eigenvalue weighted by molar-refractivity contribution is 7.92. The molecule has 0 bridgehead atoms. The number of hydrogen-bond acceptors (Lipinski definition) is 4. The molecule has 0 unspecified atom stereocenters. The number of sulfone groups is 1. The van der Waals surface area contributed by atoms with Crippen molar-refractivity contribution in [3.63, 3.8) is 0 Å². The SMILES string of the molecule is COc1ccccc1CNC(=O)[C@@H](C)S(C)(=O)=O. The van der Waals surface area contributed by atoms with Crippen LogP contribution in [0.5, 0.6) is 5.75 Å². The molecule has 1 atom stereocenters. The fourth-order valence-electron chi connectivity index (χ4n) is 1.37. The molecular formula is C12H17NO4S. The number of carbonyl (C=O) groups excluding carboxylic acids is 1. The molecule has 1 N–H and O–H groups in total. The Morgan fingerprint density at radius 3 is 2.56 bits per heavy atom. The summed E-state index contributed by atoms with van der Waals surface area (Å²) >= 11 is 0. The van der Waals surface area contributed by atoms with Crippen LogP contribution >= 0.6 is 0 Å². The van der Waals surface area contributed by atoms with Crippen LogP contribution < -0.4 is 10.1 Å². The van der Waals surface area contributed by atoms with E-state index in [1.165, 1.54) is 6.92 Å². The predicted molar refractivity (Wildman–Crippen MR) is 69.1 cm³/mol. The number of benzene rings is 1. The average molecular weight is 271 g/mol. The van der Waals surface area contributed by atoms with Gasteiger partial charge in [-0.3, -0.25) is 4.79 Å². The van der Waals surface area contributed by atoms with E-state index in [1.807, 2.05) is 18.2 Å². The van der Waals surface area contributed by atoms with Crippen molar-refractivity contribution in [3.8, 4) is 5.75 Å². The molecule has 0 aliphatic carbocycles. The zero-order valence-electron chi connectivity index (χ0n) is 10.6. The van der Waals surface area contributed by atoms with Gasteiger partial charge >= 0.3 is 0 Å². The molecule has 0 heterocycles. The first-order valence-corrected chi connectivity index (χ1v) is 7.40. The quantitative estimate of drug-likeness (QED) is 0.857. The fourth-order valence-corrected chi connectivity index (χ4v) is 1.84. The highest BCUT2D eigenvalue weighted by Gasteiger charge is 2.23. The number of amides is 1. The molecule has 0 spiro atoms. The molecule has 1 rings (SSSR count). The molecule has 0 radical (unpaired) electrons. The first kappa shape index (κ1) is 14.5. The number of nitrogens with one attached hydrogen (secondary N) is 1. The molecule has 0 aromatic heterocycles. The molecular weight excluding hydrogens is 254 g/mol. The fraction of sp³-hybridized carbons (Fsp3) is 0.417. The number of ether oxygens (including phenoxy) is 1. The van der Waals surface area contributed by atoms with Gasteiger partial charge in [0, 0.05) is 18.4 Å². The van der Waals surface area contributed by atoms with Crippen LogP contribution in [0.3, 0.4) is 0 Å². The van der Waals surface area contributed by atoms with Crippen molar-refractivity contribution >= 4 is 15.7 Å². The molecule has 18 heavy (non-hydrogen) atoms. The largest absolute Gasteiger partial charge is 0.496 e. The van der Waals surface area contributed by atoms with Crippen molar-refractivity contribution in [2.45, 2.75) is 18.7 Å². The third-order valence-electron chi connectivity index (χ3n) is 2.66. The summed E-state index contributed by atoms with van der Waals surface area (Å²) in [6.45, 7) is 1.61. The minimum absolute atomic E-state index is 0.239. The van der Waals surface area contributed by atoms with Crippen molar-refractivity contribution in [3.05, 3.63) is 29.8 Å². The normalized spacial score (nSPS) is 12.8. The van der Waals surface area contributed by atoms with E-state index in [9.17, 15) is 13.2 Å². The van der Waals surface area contributed by atoms with Gasteiger partial charge in [-0.2, -0.15) is 0 Å². The average Bonchev–Trinajstić information content (AvgIpc) is 2.34. The van der Waals surface area contributed by atoms with Crippen molar-refractivity contribution in [1.82, 2.24) is 5.32 Å². The molecule has 6 heteroatoms. The molecule has 0 saturated heterocycles. The van der Waals surface area contributed by atoms with Gasteiger partial charge in [0.1, 0.15) is 11.0 Å². The predicted octanol–water partition coefficient (Wildman–Crippen LogP) is 0.744. The maximum absolute atomic E-state index is 11.6. The zero-order chi connectivity index (χ0) is 13.8. The zero-order valence-corrected chi connectivity index (χ0v) is 11.5. The van der Waals surface area contributed by atoms with Gasteiger partial charge in [-0.1, -0.05) is 18.2 Å². The number of methoxy groups -OCH3 is 1. The maximum atomic E-state index is 11.6. The van der Waals surface area contributed by atoms with Gasteiger partial charge in [0.25, 0.3) is 0 Å². The first-order chi connectivity index (χ1) is 8.36. The summed E-state index contributed by atoms with van der Waals surface area (Å²) in [6, 6.07) is 7.24. The molecule has 1 aromatic carbocycles. The maximum Gasteiger partial charge on any atom is 0.238 e. The highest BCUT2D eigenvalue weighted by atomic mass is 32.2. The lowest BCUT2D eigenvalue weighted by Gasteiger charge is -2.12. The second-order valence-electron chi connectivity index (χ2n) is 4.00. The van der Waals surface area contributed by atoms with Gasteiger partial charge < -0.3 is 10.1 Å². The number of hydrogen-bond donors (Lipinski definition) is 1. The highest BCUT2D eigenvalue weighted by Crippen LogP contribution is 2.16. The summed E-state index contributed by atoms with van der Waals surface area (Å²) < 4.78 is 27.6. The second kappa shape index (κ2) is 5.86. The Hall–Kier alpha value is -1.56. The van der Waals surface area contributed by atoms with E-state index in [0.717, 1.165) is 11.8 Å². The number of carbonyl (C=O) groups is 1. The van der Waals surface area contributed by atoms with Crippen LogP contribution in [0.25, 0.3) is 0 Å². The van der Waals surface area contributed by atoms with Gasteiger partial charge in [-0.25, -0.2) is 8.42 Å². The van der Waals surface area contributed by atoms with Crippen LogP contribution in [0.15, 0.2) is 24.3 Å². The van der Waals surface area contributed by atoms with Crippen molar-refractivity contribution in [2.75, 3.05) is 13.4 Å². The molecule has 1 amide bonds. The van der Waals surface area contributed by atoms with E-state index < -0.39 is 21.0 Å². The molecule has 0 aliphatic rings. The first-order valence-electron chi connectivity index (χ1n) is 5.44. The Morgan fingerprint density at radius 2 is 2.00 bits per heavy atom.